The zero-order valence-corrected chi connectivity index (χ0v) is 16.8. The first-order valence-electron chi connectivity index (χ1n) is 8.83. The first-order chi connectivity index (χ1) is 13.7. The number of nitrogens with one attached hydrogen (secondary N) is 2. The third-order valence-corrected chi connectivity index (χ3v) is 5.22. The summed E-state index contributed by atoms with van der Waals surface area (Å²) in [6.45, 7) is 3.71. The Morgan fingerprint density at radius 1 is 1.21 bits per heavy atom. The quantitative estimate of drug-likeness (QED) is 0.301. The van der Waals surface area contributed by atoms with E-state index in [2.05, 4.69) is 20.0 Å². The Hall–Kier alpha value is -3.05. The molecule has 2 aromatic rings. The molecular formula is C18H23N5O5S. The van der Waals surface area contributed by atoms with Crippen LogP contribution in [-0.4, -0.2) is 47.5 Å². The molecule has 156 valence electrons. The van der Waals surface area contributed by atoms with E-state index < -0.39 is 15.9 Å². The lowest BCUT2D eigenvalue weighted by atomic mass is 9.96. The fourth-order valence-electron chi connectivity index (χ4n) is 2.59. The van der Waals surface area contributed by atoms with Crippen LogP contribution in [-0.2, 0) is 19.6 Å². The summed E-state index contributed by atoms with van der Waals surface area (Å²) in [6, 6.07) is 7.12. The molecule has 0 saturated heterocycles. The molecule has 0 aliphatic heterocycles. The number of sulfonamides is 1. The van der Waals surface area contributed by atoms with E-state index in [1.165, 1.54) is 36.7 Å². The Kier molecular flexibility index (Phi) is 7.62. The van der Waals surface area contributed by atoms with Gasteiger partial charge in [-0.15, -0.1) is 0 Å². The van der Waals surface area contributed by atoms with Crippen molar-refractivity contribution >= 4 is 34.0 Å². The molecule has 0 radical (unpaired) electrons. The zero-order valence-electron chi connectivity index (χ0n) is 16.0. The second kappa shape index (κ2) is 9.94. The highest BCUT2D eigenvalue weighted by molar-refractivity contribution is 7.92. The Morgan fingerprint density at radius 3 is 2.38 bits per heavy atom. The number of aromatic nitrogens is 2. The van der Waals surface area contributed by atoms with Crippen LogP contribution in [0.4, 0.5) is 11.6 Å². The number of hydrogen-bond acceptors (Lipinski definition) is 7. The van der Waals surface area contributed by atoms with Gasteiger partial charge in [0, 0.05) is 18.1 Å². The molecule has 0 fully saturated rings. The smallest absolute Gasteiger partial charge is 0.264 e. The molecular weight excluding hydrogens is 398 g/mol. The lowest BCUT2D eigenvalue weighted by Gasteiger charge is -2.21. The van der Waals surface area contributed by atoms with Gasteiger partial charge < -0.3 is 5.32 Å². The largest absolute Gasteiger partial charge is 0.326 e. The van der Waals surface area contributed by atoms with E-state index in [1.807, 2.05) is 13.8 Å². The minimum absolute atomic E-state index is 0.0239. The molecule has 0 bridgehead atoms. The highest BCUT2D eigenvalue weighted by Gasteiger charge is 2.23. The topological polar surface area (TPSA) is 142 Å². The van der Waals surface area contributed by atoms with Gasteiger partial charge in [0.15, 0.2) is 0 Å². The monoisotopic (exact) mass is 421 g/mol. The van der Waals surface area contributed by atoms with Gasteiger partial charge in [0.25, 0.3) is 10.0 Å². The summed E-state index contributed by atoms with van der Waals surface area (Å²) in [5.41, 5.74) is 0.384. The molecule has 10 nitrogen and oxygen atoms in total. The second-order valence-electron chi connectivity index (χ2n) is 6.75. The minimum Gasteiger partial charge on any atom is -0.326 e. The first kappa shape index (κ1) is 22.2. The van der Waals surface area contributed by atoms with Gasteiger partial charge in [-0.25, -0.2) is 28.2 Å². The summed E-state index contributed by atoms with van der Waals surface area (Å²) in [5, 5.41) is 12.5. The molecule has 1 heterocycles. The number of carbonyl (C=O) groups excluding carboxylic acids is 2. The second-order valence-corrected chi connectivity index (χ2v) is 8.43. The fraction of sp³-hybridized carbons (Fsp3) is 0.333. The molecule has 0 aliphatic rings. The highest BCUT2D eigenvalue weighted by atomic mass is 32.2. The fourth-order valence-corrected chi connectivity index (χ4v) is 3.55. The van der Waals surface area contributed by atoms with Gasteiger partial charge in [-0.05, 0) is 42.7 Å². The number of hydrogen-bond donors (Lipinski definition) is 3. The lowest BCUT2D eigenvalue weighted by Crippen LogP contribution is -2.34. The van der Waals surface area contributed by atoms with E-state index in [1.54, 1.807) is 6.07 Å². The third-order valence-electron chi connectivity index (χ3n) is 3.88. The highest BCUT2D eigenvalue weighted by Crippen LogP contribution is 2.19. The van der Waals surface area contributed by atoms with Crippen molar-refractivity contribution in [3.8, 4) is 0 Å². The van der Waals surface area contributed by atoms with Crippen LogP contribution in [0, 0.1) is 11.8 Å². The molecule has 0 unspecified atom stereocenters. The third kappa shape index (κ3) is 6.80. The van der Waals surface area contributed by atoms with E-state index in [9.17, 15) is 23.2 Å². The maximum absolute atomic E-state index is 12.5. The summed E-state index contributed by atoms with van der Waals surface area (Å²) < 4.78 is 27.0. The van der Waals surface area contributed by atoms with Gasteiger partial charge in [-0.2, -0.15) is 0 Å². The molecule has 0 saturated carbocycles. The normalized spacial score (nSPS) is 12.3. The Bertz CT molecular complexity index is 919. The molecule has 1 aromatic heterocycles. The SMILES string of the molecule is CC(C)C[C@H](CN(O)C=O)C(=O)Nc1ccc(S(=O)(=O)Nc2ncccn2)cc1. The number of anilines is 2. The van der Waals surface area contributed by atoms with Crippen LogP contribution in [0.5, 0.6) is 0 Å². The summed E-state index contributed by atoms with van der Waals surface area (Å²) in [4.78, 5) is 30.8. The van der Waals surface area contributed by atoms with Gasteiger partial charge in [0.1, 0.15) is 0 Å². The van der Waals surface area contributed by atoms with Crippen LogP contribution in [0.25, 0.3) is 0 Å². The van der Waals surface area contributed by atoms with Crippen LogP contribution in [0.2, 0.25) is 0 Å². The molecule has 2 rings (SSSR count). The zero-order chi connectivity index (χ0) is 21.4. The number of benzene rings is 1. The maximum Gasteiger partial charge on any atom is 0.264 e. The molecule has 0 spiro atoms. The average Bonchev–Trinajstić information content (AvgIpc) is 2.67. The van der Waals surface area contributed by atoms with Crippen molar-refractivity contribution in [1.29, 1.82) is 0 Å². The van der Waals surface area contributed by atoms with Crippen LogP contribution < -0.4 is 10.0 Å². The predicted molar refractivity (Wildman–Crippen MR) is 105 cm³/mol. The summed E-state index contributed by atoms with van der Waals surface area (Å²) >= 11 is 0. The van der Waals surface area contributed by atoms with E-state index in [-0.39, 0.29) is 35.6 Å². The number of nitrogens with zero attached hydrogens (tertiary/aromatic N) is 3. The van der Waals surface area contributed by atoms with Crippen molar-refractivity contribution in [2.24, 2.45) is 11.8 Å². The van der Waals surface area contributed by atoms with Crippen LogP contribution in [0.3, 0.4) is 0 Å². The van der Waals surface area contributed by atoms with Crippen molar-refractivity contribution in [3.05, 3.63) is 42.7 Å². The van der Waals surface area contributed by atoms with Crippen molar-refractivity contribution in [2.45, 2.75) is 25.2 Å². The Balaban J connectivity index is 2.08. The van der Waals surface area contributed by atoms with E-state index in [0.29, 0.717) is 17.2 Å². The van der Waals surface area contributed by atoms with Crippen molar-refractivity contribution in [1.82, 2.24) is 15.0 Å². The number of carbonyl (C=O) groups is 2. The molecule has 29 heavy (non-hydrogen) atoms. The standard InChI is InChI=1S/C18H23N5O5S/c1-13(2)10-14(11-23(26)12-24)17(25)21-15-4-6-16(7-5-15)29(27,28)22-18-19-8-3-9-20-18/h3-9,12-14,26H,10-11H2,1-2H3,(H,21,25)(H,19,20,22)/t14-/m1/s1. The number of hydroxylamine groups is 2. The van der Waals surface area contributed by atoms with Crippen molar-refractivity contribution in [2.75, 3.05) is 16.6 Å². The Morgan fingerprint density at radius 2 is 1.83 bits per heavy atom. The van der Waals surface area contributed by atoms with E-state index in [4.69, 9.17) is 0 Å². The van der Waals surface area contributed by atoms with Crippen LogP contribution >= 0.6 is 0 Å². The maximum atomic E-state index is 12.5. The number of amides is 2. The molecule has 1 atom stereocenters. The van der Waals surface area contributed by atoms with Crippen molar-refractivity contribution < 1.29 is 23.2 Å². The summed E-state index contributed by atoms with van der Waals surface area (Å²) in [5.74, 6) is -0.883. The van der Waals surface area contributed by atoms with Crippen molar-refractivity contribution in [3.63, 3.8) is 0 Å². The van der Waals surface area contributed by atoms with Crippen LogP contribution in [0.15, 0.2) is 47.6 Å². The van der Waals surface area contributed by atoms with Gasteiger partial charge in [-0.3, -0.25) is 14.8 Å². The average molecular weight is 421 g/mol. The first-order valence-corrected chi connectivity index (χ1v) is 10.3. The molecule has 0 aliphatic carbocycles. The minimum atomic E-state index is -3.88. The summed E-state index contributed by atoms with van der Waals surface area (Å²) in [6.07, 6.45) is 3.53. The number of rotatable bonds is 10. The van der Waals surface area contributed by atoms with Gasteiger partial charge in [0.2, 0.25) is 18.3 Å². The van der Waals surface area contributed by atoms with Gasteiger partial charge in [0.05, 0.1) is 17.4 Å². The molecule has 11 heteroatoms. The van der Waals surface area contributed by atoms with Gasteiger partial charge in [-0.1, -0.05) is 13.8 Å². The lowest BCUT2D eigenvalue weighted by molar-refractivity contribution is -0.154. The predicted octanol–water partition coefficient (Wildman–Crippen LogP) is 1.73. The van der Waals surface area contributed by atoms with Gasteiger partial charge >= 0.3 is 0 Å². The Labute approximate surface area is 169 Å². The molecule has 2 amide bonds. The summed E-state index contributed by atoms with van der Waals surface area (Å²) in [7, 11) is -3.88. The van der Waals surface area contributed by atoms with E-state index >= 15 is 0 Å². The molecule has 1 aromatic carbocycles. The van der Waals surface area contributed by atoms with E-state index in [0.717, 1.165) is 0 Å². The van der Waals surface area contributed by atoms with Crippen LogP contribution in [0.1, 0.15) is 20.3 Å². The molecule has 3 N–H and O–H groups in total.